The maximum atomic E-state index is 8.79. The summed E-state index contributed by atoms with van der Waals surface area (Å²) in [5, 5.41) is 9.87. The van der Waals surface area contributed by atoms with Crippen LogP contribution in [0.2, 0.25) is 0 Å². The molecule has 11 heavy (non-hydrogen) atoms. The minimum Gasteiger partial charge on any atom is -0.390 e. The number of hydrogen-bond acceptors (Lipinski definition) is 2. The standard InChI is InChI=1S/C8H8N2O/c11-5-7-3-6-1-2-9-4-8(6)10-7/h1-4,10-11H,5H2. The van der Waals surface area contributed by atoms with Gasteiger partial charge in [0.05, 0.1) is 18.3 Å². The third-order valence-electron chi connectivity index (χ3n) is 1.65. The minimum atomic E-state index is 0.0503. The summed E-state index contributed by atoms with van der Waals surface area (Å²) in [7, 11) is 0. The van der Waals surface area contributed by atoms with Crippen molar-refractivity contribution >= 4 is 10.9 Å². The molecule has 2 N–H and O–H groups in total. The van der Waals surface area contributed by atoms with Gasteiger partial charge in [-0.2, -0.15) is 0 Å². The van der Waals surface area contributed by atoms with Gasteiger partial charge in [-0.1, -0.05) is 0 Å². The van der Waals surface area contributed by atoms with Crippen LogP contribution < -0.4 is 0 Å². The molecule has 0 bridgehead atoms. The lowest BCUT2D eigenvalue weighted by molar-refractivity contribution is 0.278. The fourth-order valence-electron chi connectivity index (χ4n) is 1.12. The number of fused-ring (bicyclic) bond motifs is 1. The topological polar surface area (TPSA) is 48.9 Å². The van der Waals surface area contributed by atoms with E-state index in [0.29, 0.717) is 0 Å². The summed E-state index contributed by atoms with van der Waals surface area (Å²) in [6.07, 6.45) is 3.48. The van der Waals surface area contributed by atoms with Crippen molar-refractivity contribution in [1.29, 1.82) is 0 Å². The van der Waals surface area contributed by atoms with Gasteiger partial charge < -0.3 is 10.1 Å². The average Bonchev–Trinajstić information content (AvgIpc) is 2.46. The monoisotopic (exact) mass is 148 g/mol. The predicted octanol–water partition coefficient (Wildman–Crippen LogP) is 1.06. The Labute approximate surface area is 63.7 Å². The highest BCUT2D eigenvalue weighted by molar-refractivity contribution is 5.79. The number of aromatic amines is 1. The zero-order valence-corrected chi connectivity index (χ0v) is 5.91. The summed E-state index contributed by atoms with van der Waals surface area (Å²) >= 11 is 0. The summed E-state index contributed by atoms with van der Waals surface area (Å²) in [5.41, 5.74) is 1.80. The van der Waals surface area contributed by atoms with Crippen molar-refractivity contribution in [2.24, 2.45) is 0 Å². The number of nitrogens with one attached hydrogen (secondary N) is 1. The van der Waals surface area contributed by atoms with Gasteiger partial charge in [-0.3, -0.25) is 4.98 Å². The van der Waals surface area contributed by atoms with Crippen molar-refractivity contribution in [1.82, 2.24) is 9.97 Å². The van der Waals surface area contributed by atoms with Gasteiger partial charge in [-0.05, 0) is 12.1 Å². The summed E-state index contributed by atoms with van der Waals surface area (Å²) in [6.45, 7) is 0.0503. The van der Waals surface area contributed by atoms with Gasteiger partial charge in [-0.15, -0.1) is 0 Å². The number of hydrogen-bond donors (Lipinski definition) is 2. The molecule has 0 unspecified atom stereocenters. The molecule has 0 spiro atoms. The van der Waals surface area contributed by atoms with Crippen LogP contribution in [-0.4, -0.2) is 15.1 Å². The van der Waals surface area contributed by atoms with Crippen LogP contribution in [0.1, 0.15) is 5.69 Å². The number of aliphatic hydroxyl groups is 1. The van der Waals surface area contributed by atoms with E-state index in [1.165, 1.54) is 0 Å². The Kier molecular flexibility index (Phi) is 1.36. The first-order valence-electron chi connectivity index (χ1n) is 3.42. The molecule has 2 aromatic rings. The molecule has 0 aromatic carbocycles. The zero-order valence-electron chi connectivity index (χ0n) is 5.91. The molecule has 0 aliphatic carbocycles. The summed E-state index contributed by atoms with van der Waals surface area (Å²) < 4.78 is 0. The van der Waals surface area contributed by atoms with Crippen molar-refractivity contribution in [3.05, 3.63) is 30.2 Å². The molecule has 2 rings (SSSR count). The lowest BCUT2D eigenvalue weighted by Crippen LogP contribution is -1.79. The van der Waals surface area contributed by atoms with Gasteiger partial charge in [0.2, 0.25) is 0 Å². The number of nitrogens with zero attached hydrogens (tertiary/aromatic N) is 1. The molecule has 2 heterocycles. The molecular formula is C8H8N2O. The highest BCUT2D eigenvalue weighted by Crippen LogP contribution is 2.12. The van der Waals surface area contributed by atoms with Gasteiger partial charge in [0.15, 0.2) is 0 Å². The van der Waals surface area contributed by atoms with Crippen molar-refractivity contribution in [2.75, 3.05) is 0 Å². The number of pyridine rings is 1. The Balaban J connectivity index is 2.69. The fourth-order valence-corrected chi connectivity index (χ4v) is 1.12. The van der Waals surface area contributed by atoms with Gasteiger partial charge in [0, 0.05) is 17.3 Å². The van der Waals surface area contributed by atoms with Crippen LogP contribution in [0, 0.1) is 0 Å². The number of rotatable bonds is 1. The third kappa shape index (κ3) is 0.991. The molecule has 56 valence electrons. The number of aromatic nitrogens is 2. The SMILES string of the molecule is OCc1cc2ccncc2[nH]1. The van der Waals surface area contributed by atoms with Crippen LogP contribution in [0.25, 0.3) is 10.9 Å². The first kappa shape index (κ1) is 6.37. The molecule has 0 amide bonds. The highest BCUT2D eigenvalue weighted by Gasteiger charge is 1.96. The lowest BCUT2D eigenvalue weighted by Gasteiger charge is -1.84. The van der Waals surface area contributed by atoms with E-state index in [4.69, 9.17) is 5.11 Å². The normalized spacial score (nSPS) is 10.6. The lowest BCUT2D eigenvalue weighted by atomic mass is 10.3. The summed E-state index contributed by atoms with van der Waals surface area (Å²) in [6, 6.07) is 3.82. The second kappa shape index (κ2) is 2.36. The first-order chi connectivity index (χ1) is 5.40. The van der Waals surface area contributed by atoms with Crippen LogP contribution in [-0.2, 0) is 6.61 Å². The summed E-state index contributed by atoms with van der Waals surface area (Å²) in [4.78, 5) is 6.98. The van der Waals surface area contributed by atoms with E-state index in [1.807, 2.05) is 12.1 Å². The maximum Gasteiger partial charge on any atom is 0.0831 e. The molecule has 0 saturated heterocycles. The average molecular weight is 148 g/mol. The summed E-state index contributed by atoms with van der Waals surface area (Å²) in [5.74, 6) is 0. The zero-order chi connectivity index (χ0) is 7.68. The molecule has 0 radical (unpaired) electrons. The maximum absolute atomic E-state index is 8.79. The minimum absolute atomic E-state index is 0.0503. The van der Waals surface area contributed by atoms with Crippen LogP contribution in [0.5, 0.6) is 0 Å². The molecule has 3 nitrogen and oxygen atoms in total. The van der Waals surface area contributed by atoms with E-state index < -0.39 is 0 Å². The second-order valence-corrected chi connectivity index (χ2v) is 2.42. The van der Waals surface area contributed by atoms with Crippen molar-refractivity contribution in [2.45, 2.75) is 6.61 Å². The Bertz CT molecular complexity index is 334. The predicted molar refractivity (Wildman–Crippen MR) is 42.0 cm³/mol. The van der Waals surface area contributed by atoms with Crippen LogP contribution >= 0.6 is 0 Å². The van der Waals surface area contributed by atoms with Gasteiger partial charge in [0.1, 0.15) is 0 Å². The van der Waals surface area contributed by atoms with E-state index in [1.54, 1.807) is 12.4 Å². The molecule has 0 fully saturated rings. The van der Waals surface area contributed by atoms with Gasteiger partial charge in [-0.25, -0.2) is 0 Å². The second-order valence-electron chi connectivity index (χ2n) is 2.42. The molecular weight excluding hydrogens is 140 g/mol. The fraction of sp³-hybridized carbons (Fsp3) is 0.125. The molecule has 3 heteroatoms. The van der Waals surface area contributed by atoms with E-state index in [-0.39, 0.29) is 6.61 Å². The van der Waals surface area contributed by atoms with Crippen molar-refractivity contribution in [3.63, 3.8) is 0 Å². The first-order valence-corrected chi connectivity index (χ1v) is 3.42. The van der Waals surface area contributed by atoms with E-state index in [2.05, 4.69) is 9.97 Å². The highest BCUT2D eigenvalue weighted by atomic mass is 16.3. The van der Waals surface area contributed by atoms with Gasteiger partial charge in [0.25, 0.3) is 0 Å². The van der Waals surface area contributed by atoms with E-state index in [9.17, 15) is 0 Å². The Morgan fingerprint density at radius 2 is 2.45 bits per heavy atom. The molecule has 0 aliphatic rings. The smallest absolute Gasteiger partial charge is 0.0831 e. The van der Waals surface area contributed by atoms with Gasteiger partial charge >= 0.3 is 0 Å². The van der Waals surface area contributed by atoms with Crippen molar-refractivity contribution in [3.8, 4) is 0 Å². The number of aliphatic hydroxyl groups excluding tert-OH is 1. The number of H-pyrrole nitrogens is 1. The molecule has 0 saturated carbocycles. The van der Waals surface area contributed by atoms with Crippen molar-refractivity contribution < 1.29 is 5.11 Å². The quantitative estimate of drug-likeness (QED) is 0.635. The Morgan fingerprint density at radius 1 is 1.55 bits per heavy atom. The van der Waals surface area contributed by atoms with E-state index in [0.717, 1.165) is 16.6 Å². The third-order valence-corrected chi connectivity index (χ3v) is 1.65. The largest absolute Gasteiger partial charge is 0.390 e. The Morgan fingerprint density at radius 3 is 3.18 bits per heavy atom. The molecule has 0 aliphatic heterocycles. The molecule has 2 aromatic heterocycles. The van der Waals surface area contributed by atoms with Crippen LogP contribution in [0.15, 0.2) is 24.5 Å². The van der Waals surface area contributed by atoms with Crippen LogP contribution in [0.4, 0.5) is 0 Å². The van der Waals surface area contributed by atoms with Crippen LogP contribution in [0.3, 0.4) is 0 Å². The molecule has 0 atom stereocenters. The Hall–Kier alpha value is -1.35. The van der Waals surface area contributed by atoms with E-state index >= 15 is 0 Å².